The second-order valence-electron chi connectivity index (χ2n) is 7.51. The number of aromatic carboxylic acids is 1. The van der Waals surface area contributed by atoms with Crippen LogP contribution in [0.1, 0.15) is 99.1 Å². The number of carboxylic acids is 1. The summed E-state index contributed by atoms with van der Waals surface area (Å²) in [4.78, 5) is 26.8. The van der Waals surface area contributed by atoms with E-state index in [1.165, 1.54) is 12.8 Å². The lowest BCUT2D eigenvalue weighted by molar-refractivity contribution is 0.0653. The Morgan fingerprint density at radius 3 is 1.93 bits per heavy atom. The van der Waals surface area contributed by atoms with E-state index in [1.54, 1.807) is 11.4 Å². The first-order valence-corrected chi connectivity index (χ1v) is 11.5. The van der Waals surface area contributed by atoms with Crippen LogP contribution in [0.4, 0.5) is 0 Å². The highest BCUT2D eigenvalue weighted by atomic mass is 32.1. The molecule has 0 aromatic carbocycles. The Labute approximate surface area is 169 Å². The molecule has 2 unspecified atom stereocenters. The summed E-state index contributed by atoms with van der Waals surface area (Å²) in [5.41, 5.74) is 0.350. The van der Waals surface area contributed by atoms with Gasteiger partial charge >= 0.3 is 5.97 Å². The van der Waals surface area contributed by atoms with Crippen molar-refractivity contribution in [1.29, 1.82) is 0 Å². The normalized spacial score (nSPS) is 13.3. The van der Waals surface area contributed by atoms with Gasteiger partial charge in [-0.1, -0.05) is 66.2 Å². The van der Waals surface area contributed by atoms with Gasteiger partial charge in [0.05, 0.1) is 5.56 Å². The van der Waals surface area contributed by atoms with E-state index < -0.39 is 5.97 Å². The number of hydrogen-bond donors (Lipinski definition) is 1. The lowest BCUT2D eigenvalue weighted by Gasteiger charge is -2.31. The van der Waals surface area contributed by atoms with E-state index in [9.17, 15) is 14.7 Å². The molecule has 1 amide bonds. The van der Waals surface area contributed by atoms with Crippen LogP contribution in [0.15, 0.2) is 11.4 Å². The summed E-state index contributed by atoms with van der Waals surface area (Å²) in [6.07, 6.45) is 9.00. The van der Waals surface area contributed by atoms with E-state index in [0.29, 0.717) is 17.4 Å². The van der Waals surface area contributed by atoms with Crippen LogP contribution < -0.4 is 0 Å². The van der Waals surface area contributed by atoms with Gasteiger partial charge in [0, 0.05) is 13.1 Å². The molecule has 0 bridgehead atoms. The summed E-state index contributed by atoms with van der Waals surface area (Å²) in [5.74, 6) is -0.170. The standard InChI is InChI=1S/C22H37NO3S/c1-5-9-11-17(7-3)15-23(16-18(8-4)12-10-6-2)21(24)19-13-14-27-20(19)22(25)26/h13-14,17-18H,5-12,15-16H2,1-4H3,(H,25,26). The number of thiophene rings is 1. The first-order chi connectivity index (χ1) is 13.0. The maximum absolute atomic E-state index is 13.3. The zero-order chi connectivity index (χ0) is 20.2. The average molecular weight is 396 g/mol. The largest absolute Gasteiger partial charge is 0.477 e. The van der Waals surface area contributed by atoms with Crippen molar-refractivity contribution in [2.75, 3.05) is 13.1 Å². The molecule has 4 nitrogen and oxygen atoms in total. The van der Waals surface area contributed by atoms with Crippen molar-refractivity contribution in [1.82, 2.24) is 4.90 Å². The smallest absolute Gasteiger partial charge is 0.346 e. The van der Waals surface area contributed by atoms with Gasteiger partial charge in [-0.05, 0) is 36.1 Å². The third-order valence-electron chi connectivity index (χ3n) is 5.42. The zero-order valence-electron chi connectivity index (χ0n) is 17.5. The van der Waals surface area contributed by atoms with Gasteiger partial charge in [-0.3, -0.25) is 4.79 Å². The lowest BCUT2D eigenvalue weighted by Crippen LogP contribution is -2.39. The van der Waals surface area contributed by atoms with Crippen molar-refractivity contribution in [2.24, 2.45) is 11.8 Å². The summed E-state index contributed by atoms with van der Waals surface area (Å²) >= 11 is 1.13. The second kappa shape index (κ2) is 12.9. The van der Waals surface area contributed by atoms with Crippen molar-refractivity contribution in [3.63, 3.8) is 0 Å². The lowest BCUT2D eigenvalue weighted by atomic mass is 9.95. The Morgan fingerprint density at radius 1 is 1.00 bits per heavy atom. The number of carbonyl (C=O) groups excluding carboxylic acids is 1. The molecule has 154 valence electrons. The Bertz CT molecular complexity index is 552. The van der Waals surface area contributed by atoms with Crippen molar-refractivity contribution in [3.8, 4) is 0 Å². The molecule has 0 saturated heterocycles. The second-order valence-corrected chi connectivity index (χ2v) is 8.43. The minimum absolute atomic E-state index is 0.112. The van der Waals surface area contributed by atoms with Gasteiger partial charge in [0.15, 0.2) is 0 Å². The minimum Gasteiger partial charge on any atom is -0.477 e. The predicted molar refractivity (Wildman–Crippen MR) is 114 cm³/mol. The molecule has 1 rings (SSSR count). The molecule has 0 spiro atoms. The molecule has 1 aromatic rings. The molecular weight excluding hydrogens is 358 g/mol. The summed E-state index contributed by atoms with van der Waals surface area (Å²) < 4.78 is 0. The van der Waals surface area contributed by atoms with Crippen LogP contribution in [0, 0.1) is 11.8 Å². The average Bonchev–Trinajstić information content (AvgIpc) is 3.16. The zero-order valence-corrected chi connectivity index (χ0v) is 18.3. The Balaban J connectivity index is 3.01. The maximum atomic E-state index is 13.3. The van der Waals surface area contributed by atoms with Gasteiger partial charge in [-0.2, -0.15) is 0 Å². The maximum Gasteiger partial charge on any atom is 0.346 e. The van der Waals surface area contributed by atoms with Crippen molar-refractivity contribution in [3.05, 3.63) is 21.9 Å². The van der Waals surface area contributed by atoms with Gasteiger partial charge in [-0.15, -0.1) is 11.3 Å². The Morgan fingerprint density at radius 2 is 1.52 bits per heavy atom. The molecule has 1 aromatic heterocycles. The highest BCUT2D eigenvalue weighted by Crippen LogP contribution is 2.24. The number of nitrogens with zero attached hydrogens (tertiary/aromatic N) is 1. The fraction of sp³-hybridized carbons (Fsp3) is 0.727. The number of hydrogen-bond acceptors (Lipinski definition) is 3. The van der Waals surface area contributed by atoms with Gasteiger partial charge in [0.1, 0.15) is 4.88 Å². The first-order valence-electron chi connectivity index (χ1n) is 10.6. The van der Waals surface area contributed by atoms with E-state index in [0.717, 1.165) is 63.0 Å². The molecule has 0 aliphatic heterocycles. The molecule has 27 heavy (non-hydrogen) atoms. The number of carboxylic acid groups (broad SMARTS) is 1. The number of amides is 1. The fourth-order valence-corrected chi connectivity index (χ4v) is 4.24. The number of unbranched alkanes of at least 4 members (excludes halogenated alkanes) is 2. The molecule has 1 heterocycles. The van der Waals surface area contributed by atoms with Gasteiger partial charge in [0.25, 0.3) is 5.91 Å². The number of carbonyl (C=O) groups is 2. The van der Waals surface area contributed by atoms with E-state index in [-0.39, 0.29) is 10.8 Å². The molecule has 2 atom stereocenters. The van der Waals surface area contributed by atoms with E-state index >= 15 is 0 Å². The van der Waals surface area contributed by atoms with Crippen LogP contribution >= 0.6 is 11.3 Å². The topological polar surface area (TPSA) is 57.6 Å². The quantitative estimate of drug-likeness (QED) is 0.401. The highest BCUT2D eigenvalue weighted by Gasteiger charge is 2.26. The van der Waals surface area contributed by atoms with Gasteiger partial charge in [0.2, 0.25) is 0 Å². The third-order valence-corrected chi connectivity index (χ3v) is 6.32. The van der Waals surface area contributed by atoms with E-state index in [2.05, 4.69) is 27.7 Å². The van der Waals surface area contributed by atoms with Crippen LogP contribution in [0.2, 0.25) is 0 Å². The van der Waals surface area contributed by atoms with Gasteiger partial charge < -0.3 is 10.0 Å². The molecule has 0 aliphatic rings. The molecule has 1 N–H and O–H groups in total. The van der Waals surface area contributed by atoms with Gasteiger partial charge in [-0.25, -0.2) is 4.79 Å². The van der Waals surface area contributed by atoms with Crippen molar-refractivity contribution >= 4 is 23.2 Å². The molecule has 0 saturated carbocycles. The van der Waals surface area contributed by atoms with Crippen LogP contribution in [-0.4, -0.2) is 35.0 Å². The van der Waals surface area contributed by atoms with Crippen LogP contribution in [0.25, 0.3) is 0 Å². The summed E-state index contributed by atoms with van der Waals surface area (Å²) in [6, 6.07) is 1.67. The Kier molecular flexibility index (Phi) is 11.3. The summed E-state index contributed by atoms with van der Waals surface area (Å²) in [5, 5.41) is 11.1. The summed E-state index contributed by atoms with van der Waals surface area (Å²) in [6.45, 7) is 10.2. The third kappa shape index (κ3) is 7.65. The monoisotopic (exact) mass is 395 g/mol. The molecule has 0 aliphatic carbocycles. The van der Waals surface area contributed by atoms with Crippen molar-refractivity contribution in [2.45, 2.75) is 79.1 Å². The van der Waals surface area contributed by atoms with E-state index in [4.69, 9.17) is 0 Å². The summed E-state index contributed by atoms with van der Waals surface area (Å²) in [7, 11) is 0. The van der Waals surface area contributed by atoms with Crippen LogP contribution in [0.3, 0.4) is 0 Å². The molecular formula is C22H37NO3S. The molecule has 0 radical (unpaired) electrons. The molecule has 0 fully saturated rings. The first kappa shape index (κ1) is 23.7. The van der Waals surface area contributed by atoms with Crippen LogP contribution in [0.5, 0.6) is 0 Å². The SMILES string of the molecule is CCCCC(CC)CN(CC(CC)CCCC)C(=O)c1ccsc1C(=O)O. The molecule has 5 heteroatoms. The minimum atomic E-state index is -1.01. The van der Waals surface area contributed by atoms with E-state index in [1.807, 2.05) is 4.90 Å². The van der Waals surface area contributed by atoms with Crippen LogP contribution in [-0.2, 0) is 0 Å². The fourth-order valence-electron chi connectivity index (χ4n) is 3.51. The highest BCUT2D eigenvalue weighted by molar-refractivity contribution is 7.12. The van der Waals surface area contributed by atoms with Crippen molar-refractivity contribution < 1.29 is 14.7 Å². The number of rotatable bonds is 14. The Hall–Kier alpha value is -1.36. The predicted octanol–water partition coefficient (Wildman–Crippen LogP) is 6.32.